The highest BCUT2D eigenvalue weighted by atomic mass is 16.5. The van der Waals surface area contributed by atoms with Crippen LogP contribution in [0, 0.1) is 0 Å². The quantitative estimate of drug-likeness (QED) is 0.692. The van der Waals surface area contributed by atoms with Gasteiger partial charge in [0.1, 0.15) is 18.1 Å². The van der Waals surface area contributed by atoms with E-state index in [0.29, 0.717) is 36.2 Å². The summed E-state index contributed by atoms with van der Waals surface area (Å²) in [4.78, 5) is 33.7. The van der Waals surface area contributed by atoms with E-state index in [2.05, 4.69) is 15.4 Å². The first-order valence-corrected chi connectivity index (χ1v) is 9.87. The third-order valence-corrected chi connectivity index (χ3v) is 5.20. The van der Waals surface area contributed by atoms with Crippen LogP contribution in [0.15, 0.2) is 65.8 Å². The Morgan fingerprint density at radius 3 is 2.81 bits per heavy atom. The minimum Gasteiger partial charge on any atom is -0.497 e. The summed E-state index contributed by atoms with van der Waals surface area (Å²) in [5.41, 5.74) is 2.12. The van der Waals surface area contributed by atoms with E-state index in [1.807, 2.05) is 30.3 Å². The van der Waals surface area contributed by atoms with Crippen LogP contribution in [0.4, 0.5) is 16.3 Å². The van der Waals surface area contributed by atoms with Crippen LogP contribution in [-0.4, -0.2) is 59.2 Å². The van der Waals surface area contributed by atoms with Crippen molar-refractivity contribution in [2.45, 2.75) is 0 Å². The van der Waals surface area contributed by atoms with Crippen LogP contribution in [0.3, 0.4) is 0 Å². The number of nitrogens with zero attached hydrogens (tertiary/aromatic N) is 5. The monoisotopic (exact) mass is 416 g/mol. The highest BCUT2D eigenvalue weighted by Gasteiger charge is 2.41. The maximum absolute atomic E-state index is 13.3. The molecule has 156 valence electrons. The van der Waals surface area contributed by atoms with Crippen LogP contribution in [-0.2, 0) is 4.79 Å². The van der Waals surface area contributed by atoms with Gasteiger partial charge in [0.05, 0.1) is 31.1 Å². The molecule has 0 radical (unpaired) electrons. The average molecular weight is 416 g/mol. The Kier molecular flexibility index (Phi) is 4.62. The first kappa shape index (κ1) is 18.9. The molecule has 1 aromatic heterocycles. The van der Waals surface area contributed by atoms with Gasteiger partial charge in [0.2, 0.25) is 5.91 Å². The van der Waals surface area contributed by atoms with E-state index in [0.717, 1.165) is 11.3 Å². The van der Waals surface area contributed by atoms with Crippen LogP contribution >= 0.6 is 0 Å². The molecule has 0 bridgehead atoms. The fraction of sp³-hybridized carbons (Fsp3) is 0.182. The van der Waals surface area contributed by atoms with Gasteiger partial charge >= 0.3 is 6.03 Å². The molecule has 0 fully saturated rings. The minimum atomic E-state index is -0.326. The Hall–Kier alpha value is -4.14. The molecule has 31 heavy (non-hydrogen) atoms. The third kappa shape index (κ3) is 3.29. The van der Waals surface area contributed by atoms with Crippen molar-refractivity contribution in [2.75, 3.05) is 37.0 Å². The van der Waals surface area contributed by atoms with Crippen LogP contribution in [0.5, 0.6) is 5.75 Å². The molecule has 0 aliphatic carbocycles. The van der Waals surface area contributed by atoms with Gasteiger partial charge < -0.3 is 10.1 Å². The van der Waals surface area contributed by atoms with Gasteiger partial charge in [-0.2, -0.15) is 5.10 Å². The lowest BCUT2D eigenvalue weighted by molar-refractivity contribution is -0.114. The number of carbonyl (C=O) groups excluding carboxylic acids is 2. The predicted octanol–water partition coefficient (Wildman–Crippen LogP) is 2.52. The molecule has 9 heteroatoms. The molecule has 0 unspecified atom stereocenters. The highest BCUT2D eigenvalue weighted by molar-refractivity contribution is 6.20. The van der Waals surface area contributed by atoms with E-state index in [1.54, 1.807) is 47.2 Å². The number of para-hydroxylation sites is 1. The van der Waals surface area contributed by atoms with Gasteiger partial charge in [0.15, 0.2) is 5.82 Å². The molecule has 0 saturated heterocycles. The lowest BCUT2D eigenvalue weighted by atomic mass is 10.2. The maximum atomic E-state index is 13.3. The van der Waals surface area contributed by atoms with Crippen molar-refractivity contribution in [3.63, 3.8) is 0 Å². The number of ether oxygens (including phenoxy) is 1. The summed E-state index contributed by atoms with van der Waals surface area (Å²) in [5, 5.41) is 7.33. The number of benzene rings is 2. The maximum Gasteiger partial charge on any atom is 0.331 e. The second kappa shape index (κ2) is 7.60. The van der Waals surface area contributed by atoms with Crippen LogP contribution in [0.1, 0.15) is 5.56 Å². The zero-order chi connectivity index (χ0) is 21.4. The molecule has 0 spiro atoms. The minimum absolute atomic E-state index is 0.161. The molecule has 0 atom stereocenters. The number of carbonyl (C=O) groups is 2. The van der Waals surface area contributed by atoms with Gasteiger partial charge in [-0.3, -0.25) is 19.6 Å². The second-order valence-corrected chi connectivity index (χ2v) is 7.14. The molecular formula is C22H20N6O3. The number of fused-ring (bicyclic) bond motifs is 3. The summed E-state index contributed by atoms with van der Waals surface area (Å²) in [7, 11) is 1.56. The Labute approximate surface area is 178 Å². The molecule has 9 nitrogen and oxygen atoms in total. The number of urea groups is 1. The summed E-state index contributed by atoms with van der Waals surface area (Å²) in [5.74, 6) is 1.45. The van der Waals surface area contributed by atoms with Crippen molar-refractivity contribution in [1.29, 1.82) is 0 Å². The first-order chi connectivity index (χ1) is 15.2. The molecule has 0 saturated carbocycles. The summed E-state index contributed by atoms with van der Waals surface area (Å²) in [6, 6.07) is 16.3. The molecule has 2 aliphatic rings. The third-order valence-electron chi connectivity index (χ3n) is 5.20. The molecule has 1 N–H and O–H groups in total. The zero-order valence-electron chi connectivity index (χ0n) is 16.9. The van der Waals surface area contributed by atoms with E-state index in [9.17, 15) is 9.59 Å². The fourth-order valence-electron chi connectivity index (χ4n) is 3.81. The Bertz CT molecular complexity index is 1190. The van der Waals surface area contributed by atoms with E-state index in [1.165, 1.54) is 4.90 Å². The molecule has 2 aliphatic heterocycles. The van der Waals surface area contributed by atoms with Gasteiger partial charge in [0, 0.05) is 18.3 Å². The van der Waals surface area contributed by atoms with Gasteiger partial charge in [-0.1, -0.05) is 24.3 Å². The summed E-state index contributed by atoms with van der Waals surface area (Å²) in [6.07, 6.45) is 1.69. The molecule has 3 amide bonds. The predicted molar refractivity (Wildman–Crippen MR) is 116 cm³/mol. The largest absolute Gasteiger partial charge is 0.497 e. The second-order valence-electron chi connectivity index (χ2n) is 7.14. The number of hydrogen-bond acceptors (Lipinski definition) is 5. The van der Waals surface area contributed by atoms with Gasteiger partial charge in [-0.25, -0.2) is 9.48 Å². The smallest absolute Gasteiger partial charge is 0.331 e. The highest BCUT2D eigenvalue weighted by Crippen LogP contribution is 2.32. The fourth-order valence-corrected chi connectivity index (χ4v) is 3.81. The lowest BCUT2D eigenvalue weighted by Crippen LogP contribution is -2.52. The number of aromatic nitrogens is 2. The molecule has 2 aromatic carbocycles. The number of hydrogen-bond donors (Lipinski definition) is 1. The van der Waals surface area contributed by atoms with Crippen molar-refractivity contribution in [3.05, 3.63) is 66.4 Å². The standard InChI is InChI=1S/C22H20N6O3/c1-31-17-9-5-6-15(12-17)25-19(29)14-27-21-18(20-23-10-11-26(20)22(27)30)13-24-28(21)16-7-3-2-4-8-16/h2-9,12-13H,10-11,14H2,1H3,(H,25,29). The molecule has 5 rings (SSSR count). The molecular weight excluding hydrogens is 396 g/mol. The van der Waals surface area contributed by atoms with Crippen LogP contribution in [0.2, 0.25) is 0 Å². The van der Waals surface area contributed by atoms with Crippen molar-refractivity contribution in [1.82, 2.24) is 14.7 Å². The van der Waals surface area contributed by atoms with E-state index >= 15 is 0 Å². The van der Waals surface area contributed by atoms with Crippen molar-refractivity contribution < 1.29 is 14.3 Å². The number of aliphatic imine (C=N–C) groups is 1. The summed E-state index contributed by atoms with van der Waals surface area (Å²) < 4.78 is 6.88. The average Bonchev–Trinajstić information content (AvgIpc) is 3.45. The Morgan fingerprint density at radius 1 is 1.16 bits per heavy atom. The van der Waals surface area contributed by atoms with Gasteiger partial charge in [0.25, 0.3) is 0 Å². The lowest BCUT2D eigenvalue weighted by Gasteiger charge is -2.33. The van der Waals surface area contributed by atoms with Gasteiger partial charge in [-0.15, -0.1) is 0 Å². The first-order valence-electron chi connectivity index (χ1n) is 9.87. The van der Waals surface area contributed by atoms with E-state index in [-0.39, 0.29) is 18.5 Å². The van der Waals surface area contributed by atoms with E-state index < -0.39 is 0 Å². The van der Waals surface area contributed by atoms with Crippen molar-refractivity contribution >= 4 is 29.3 Å². The van der Waals surface area contributed by atoms with Gasteiger partial charge in [-0.05, 0) is 24.3 Å². The molecule has 3 heterocycles. The van der Waals surface area contributed by atoms with Crippen molar-refractivity contribution in [2.24, 2.45) is 4.99 Å². The summed E-state index contributed by atoms with van der Waals surface area (Å²) in [6.45, 7) is 0.852. The van der Waals surface area contributed by atoms with Crippen LogP contribution < -0.4 is 15.0 Å². The normalized spacial score (nSPS) is 14.7. The number of amidine groups is 1. The SMILES string of the molecule is COc1cccc(NC(=O)CN2C(=O)N3CCN=C3c3cnn(-c4ccccc4)c32)c1. The number of amides is 3. The van der Waals surface area contributed by atoms with E-state index in [4.69, 9.17) is 4.74 Å². The van der Waals surface area contributed by atoms with Crippen LogP contribution in [0.25, 0.3) is 5.69 Å². The Balaban J connectivity index is 1.49. The number of rotatable bonds is 5. The van der Waals surface area contributed by atoms with Crippen molar-refractivity contribution in [3.8, 4) is 11.4 Å². The number of methoxy groups -OCH3 is 1. The summed E-state index contributed by atoms with van der Waals surface area (Å²) >= 11 is 0. The number of nitrogens with one attached hydrogen (secondary N) is 1. The zero-order valence-corrected chi connectivity index (χ0v) is 16.9. The molecule has 3 aromatic rings. The number of anilines is 2. The topological polar surface area (TPSA) is 92.1 Å². The Morgan fingerprint density at radius 2 is 2.00 bits per heavy atom.